The van der Waals surface area contributed by atoms with Crippen molar-refractivity contribution >= 4 is 10.0 Å². The van der Waals surface area contributed by atoms with E-state index in [1.165, 1.54) is 12.1 Å². The largest absolute Gasteiger partial charge is 0.505 e. The number of hydrogen-bond donors (Lipinski definition) is 3. The number of nitrogens with one attached hydrogen (secondary N) is 1. The van der Waals surface area contributed by atoms with Crippen LogP contribution in [0.4, 0.5) is 4.39 Å². The van der Waals surface area contributed by atoms with E-state index >= 15 is 0 Å². The number of halogens is 1. The van der Waals surface area contributed by atoms with E-state index in [0.717, 1.165) is 0 Å². The van der Waals surface area contributed by atoms with Gasteiger partial charge in [0.1, 0.15) is 0 Å². The number of aromatic hydroxyl groups is 1. The third-order valence-corrected chi connectivity index (χ3v) is 2.98. The van der Waals surface area contributed by atoms with Gasteiger partial charge in [-0.05, 0) is 30.7 Å². The van der Waals surface area contributed by atoms with Gasteiger partial charge in [-0.1, -0.05) is 6.07 Å². The second-order valence-electron chi connectivity index (χ2n) is 3.68. The Balaban J connectivity index is 2.29. The molecular formula is C10H15FN2O3S. The summed E-state index contributed by atoms with van der Waals surface area (Å²) in [6.07, 6.45) is 0.402. The van der Waals surface area contributed by atoms with Crippen molar-refractivity contribution in [2.24, 2.45) is 5.14 Å². The van der Waals surface area contributed by atoms with E-state index in [1.807, 2.05) is 0 Å². The summed E-state index contributed by atoms with van der Waals surface area (Å²) < 4.78 is 34.2. The van der Waals surface area contributed by atoms with Gasteiger partial charge in [-0.3, -0.25) is 0 Å². The lowest BCUT2D eigenvalue weighted by atomic mass is 10.2. The number of nitrogens with two attached hydrogens (primary N) is 1. The van der Waals surface area contributed by atoms with Crippen LogP contribution >= 0.6 is 0 Å². The molecule has 0 radical (unpaired) electrons. The average molecular weight is 262 g/mol. The maximum Gasteiger partial charge on any atom is 0.209 e. The highest BCUT2D eigenvalue weighted by Crippen LogP contribution is 2.15. The van der Waals surface area contributed by atoms with Crippen molar-refractivity contribution < 1.29 is 17.9 Å². The molecule has 0 fully saturated rings. The summed E-state index contributed by atoms with van der Waals surface area (Å²) in [6.45, 7) is 0.876. The normalized spacial score (nSPS) is 11.6. The highest BCUT2D eigenvalue weighted by Gasteiger charge is 2.03. The van der Waals surface area contributed by atoms with Crippen molar-refractivity contribution in [3.63, 3.8) is 0 Å². The molecule has 1 aromatic carbocycles. The van der Waals surface area contributed by atoms with Crippen LogP contribution in [0.15, 0.2) is 18.2 Å². The van der Waals surface area contributed by atoms with Crippen molar-refractivity contribution in [2.75, 3.05) is 12.3 Å². The van der Waals surface area contributed by atoms with Crippen LogP contribution in [0, 0.1) is 5.82 Å². The van der Waals surface area contributed by atoms with Gasteiger partial charge in [0, 0.05) is 6.54 Å². The fourth-order valence-corrected chi connectivity index (χ4v) is 1.84. The zero-order chi connectivity index (χ0) is 12.9. The van der Waals surface area contributed by atoms with Crippen molar-refractivity contribution in [2.45, 2.75) is 13.0 Å². The van der Waals surface area contributed by atoms with Crippen LogP contribution in [0.25, 0.3) is 0 Å². The Hall–Kier alpha value is -1.18. The second-order valence-corrected chi connectivity index (χ2v) is 5.42. The number of primary sulfonamides is 1. The molecule has 5 nitrogen and oxygen atoms in total. The van der Waals surface area contributed by atoms with Crippen molar-refractivity contribution in [3.05, 3.63) is 29.6 Å². The van der Waals surface area contributed by atoms with Crippen molar-refractivity contribution in [1.29, 1.82) is 0 Å². The van der Waals surface area contributed by atoms with Gasteiger partial charge in [0.15, 0.2) is 11.6 Å². The molecular weight excluding hydrogens is 247 g/mol. The summed E-state index contributed by atoms with van der Waals surface area (Å²) in [5.74, 6) is -1.14. The Morgan fingerprint density at radius 1 is 1.41 bits per heavy atom. The lowest BCUT2D eigenvalue weighted by Gasteiger charge is -2.05. The molecule has 1 rings (SSSR count). The minimum Gasteiger partial charge on any atom is -0.505 e. The fraction of sp³-hybridized carbons (Fsp3) is 0.400. The molecule has 0 saturated carbocycles. The predicted octanol–water partition coefficient (Wildman–Crippen LogP) is 0.300. The van der Waals surface area contributed by atoms with E-state index in [2.05, 4.69) is 5.32 Å². The van der Waals surface area contributed by atoms with Crippen LogP contribution in [0.5, 0.6) is 5.75 Å². The molecule has 0 spiro atoms. The first-order valence-corrected chi connectivity index (χ1v) is 6.78. The van der Waals surface area contributed by atoms with E-state index in [1.54, 1.807) is 6.07 Å². The van der Waals surface area contributed by atoms with Gasteiger partial charge in [-0.25, -0.2) is 17.9 Å². The van der Waals surface area contributed by atoms with E-state index in [4.69, 9.17) is 10.2 Å². The van der Waals surface area contributed by atoms with Crippen LogP contribution in [0.2, 0.25) is 0 Å². The third-order valence-electron chi connectivity index (χ3n) is 2.12. The zero-order valence-corrected chi connectivity index (χ0v) is 10.0. The Bertz CT molecular complexity index is 476. The van der Waals surface area contributed by atoms with E-state index in [0.29, 0.717) is 25.1 Å². The summed E-state index contributed by atoms with van der Waals surface area (Å²) in [4.78, 5) is 0. The molecule has 17 heavy (non-hydrogen) atoms. The van der Waals surface area contributed by atoms with Crippen molar-refractivity contribution in [3.8, 4) is 5.75 Å². The summed E-state index contributed by atoms with van der Waals surface area (Å²) >= 11 is 0. The van der Waals surface area contributed by atoms with Crippen molar-refractivity contribution in [1.82, 2.24) is 5.32 Å². The Morgan fingerprint density at radius 2 is 2.12 bits per heavy atom. The van der Waals surface area contributed by atoms with Crippen LogP contribution in [-0.2, 0) is 16.6 Å². The molecule has 0 aliphatic rings. The van der Waals surface area contributed by atoms with Gasteiger partial charge >= 0.3 is 0 Å². The van der Waals surface area contributed by atoms with Gasteiger partial charge in [-0.15, -0.1) is 0 Å². The van der Waals surface area contributed by atoms with Crippen LogP contribution in [0.1, 0.15) is 12.0 Å². The number of hydrogen-bond acceptors (Lipinski definition) is 4. The molecule has 7 heteroatoms. The molecule has 0 aliphatic heterocycles. The van der Waals surface area contributed by atoms with E-state index in [9.17, 15) is 12.8 Å². The molecule has 4 N–H and O–H groups in total. The summed E-state index contributed by atoms with van der Waals surface area (Å²) in [5.41, 5.74) is 0.677. The van der Waals surface area contributed by atoms with E-state index < -0.39 is 15.8 Å². The minimum absolute atomic E-state index is 0.0794. The third kappa shape index (κ3) is 5.62. The Labute approximate surface area is 99.5 Å². The molecule has 0 atom stereocenters. The smallest absolute Gasteiger partial charge is 0.209 e. The monoisotopic (exact) mass is 262 g/mol. The van der Waals surface area contributed by atoms with Gasteiger partial charge in [0.2, 0.25) is 10.0 Å². The lowest BCUT2D eigenvalue weighted by molar-refractivity contribution is 0.431. The standard InChI is InChI=1S/C10H15FN2O3S/c11-9-6-8(2-3-10(9)14)7-13-4-1-5-17(12,15)16/h2-3,6,13-14H,1,4-5,7H2,(H2,12,15,16). The summed E-state index contributed by atoms with van der Waals surface area (Å²) in [6, 6.07) is 4.09. The number of sulfonamides is 1. The Kier molecular flexibility index (Phi) is 4.86. The number of benzene rings is 1. The minimum atomic E-state index is -3.41. The topological polar surface area (TPSA) is 92.4 Å². The maximum absolute atomic E-state index is 12.9. The van der Waals surface area contributed by atoms with Gasteiger partial charge < -0.3 is 10.4 Å². The molecule has 0 heterocycles. The number of rotatable bonds is 6. The lowest BCUT2D eigenvalue weighted by Crippen LogP contribution is -2.22. The summed E-state index contributed by atoms with van der Waals surface area (Å²) in [7, 11) is -3.41. The molecule has 0 aliphatic carbocycles. The highest BCUT2D eigenvalue weighted by molar-refractivity contribution is 7.89. The van der Waals surface area contributed by atoms with Crippen LogP contribution < -0.4 is 10.5 Å². The Morgan fingerprint density at radius 3 is 2.71 bits per heavy atom. The van der Waals surface area contributed by atoms with Crippen LogP contribution in [0.3, 0.4) is 0 Å². The number of phenols is 1. The first-order valence-electron chi connectivity index (χ1n) is 5.07. The first kappa shape index (κ1) is 13.9. The first-order chi connectivity index (χ1) is 7.88. The molecule has 0 unspecified atom stereocenters. The van der Waals surface area contributed by atoms with Gasteiger partial charge in [-0.2, -0.15) is 0 Å². The number of phenolic OH excluding ortho intramolecular Hbond substituents is 1. The quantitative estimate of drug-likeness (QED) is 0.643. The highest BCUT2D eigenvalue weighted by atomic mass is 32.2. The van der Waals surface area contributed by atoms with Gasteiger partial charge in [0.05, 0.1) is 5.75 Å². The second kappa shape index (κ2) is 5.95. The predicted molar refractivity (Wildman–Crippen MR) is 62.4 cm³/mol. The molecule has 0 aromatic heterocycles. The molecule has 0 bridgehead atoms. The molecule has 0 amide bonds. The maximum atomic E-state index is 12.9. The van der Waals surface area contributed by atoms with E-state index in [-0.39, 0.29) is 11.5 Å². The zero-order valence-electron chi connectivity index (χ0n) is 9.19. The fourth-order valence-electron chi connectivity index (χ4n) is 1.29. The molecule has 1 aromatic rings. The van der Waals surface area contributed by atoms with Gasteiger partial charge in [0.25, 0.3) is 0 Å². The summed E-state index contributed by atoms with van der Waals surface area (Å²) in [5, 5.41) is 16.8. The molecule has 96 valence electrons. The van der Waals surface area contributed by atoms with Crippen LogP contribution in [-0.4, -0.2) is 25.8 Å². The molecule has 0 saturated heterocycles. The average Bonchev–Trinajstić information content (AvgIpc) is 2.21. The SMILES string of the molecule is NS(=O)(=O)CCCNCc1ccc(O)c(F)c1.